The Morgan fingerprint density at radius 2 is 1.75 bits per heavy atom. The van der Waals surface area contributed by atoms with Crippen LogP contribution in [0.25, 0.3) is 0 Å². The van der Waals surface area contributed by atoms with Gasteiger partial charge in [-0.25, -0.2) is 4.39 Å². The Balaban J connectivity index is 0.00000200. The van der Waals surface area contributed by atoms with Crippen molar-refractivity contribution in [3.8, 4) is 0 Å². The molecule has 0 heterocycles. The van der Waals surface area contributed by atoms with E-state index in [2.05, 4.69) is 0 Å². The standard InChI is InChI=1S/C13H14ClF4N.ClH/c14-10-6-8(13(16,17)18)5-9(11(10)15)12(19)7-3-1-2-4-7;/h5-7,12H,1-4,19H2;1H/t12-;/m0./s1. The van der Waals surface area contributed by atoms with Crippen molar-refractivity contribution in [1.29, 1.82) is 0 Å². The normalized spacial score (nSPS) is 17.9. The fraction of sp³-hybridized carbons (Fsp3) is 0.538. The van der Waals surface area contributed by atoms with Gasteiger partial charge in [0.05, 0.1) is 10.6 Å². The van der Waals surface area contributed by atoms with Gasteiger partial charge < -0.3 is 5.73 Å². The van der Waals surface area contributed by atoms with E-state index >= 15 is 0 Å². The zero-order valence-electron chi connectivity index (χ0n) is 10.5. The van der Waals surface area contributed by atoms with E-state index in [9.17, 15) is 17.6 Å². The van der Waals surface area contributed by atoms with Gasteiger partial charge in [-0.3, -0.25) is 0 Å². The van der Waals surface area contributed by atoms with E-state index in [1.165, 1.54) is 0 Å². The number of benzene rings is 1. The molecule has 0 bridgehead atoms. The Morgan fingerprint density at radius 3 is 2.25 bits per heavy atom. The van der Waals surface area contributed by atoms with E-state index in [0.29, 0.717) is 6.07 Å². The first-order valence-electron chi connectivity index (χ1n) is 6.12. The van der Waals surface area contributed by atoms with Crippen LogP contribution in [0.2, 0.25) is 5.02 Å². The van der Waals surface area contributed by atoms with Crippen LogP contribution < -0.4 is 5.73 Å². The molecule has 20 heavy (non-hydrogen) atoms. The monoisotopic (exact) mass is 331 g/mol. The van der Waals surface area contributed by atoms with Crippen LogP contribution in [0.1, 0.15) is 42.9 Å². The first-order chi connectivity index (χ1) is 8.80. The molecule has 1 nitrogen and oxygen atoms in total. The highest BCUT2D eigenvalue weighted by Gasteiger charge is 2.34. The van der Waals surface area contributed by atoms with Crippen LogP contribution in [-0.2, 0) is 6.18 Å². The van der Waals surface area contributed by atoms with E-state index in [1.807, 2.05) is 0 Å². The molecule has 1 aliphatic rings. The van der Waals surface area contributed by atoms with E-state index in [4.69, 9.17) is 17.3 Å². The van der Waals surface area contributed by atoms with E-state index in [1.54, 1.807) is 0 Å². The average molecular weight is 332 g/mol. The maximum absolute atomic E-state index is 13.9. The summed E-state index contributed by atoms with van der Waals surface area (Å²) in [5, 5.41) is -0.529. The quantitative estimate of drug-likeness (QED) is 0.749. The van der Waals surface area contributed by atoms with Crippen LogP contribution in [0.4, 0.5) is 17.6 Å². The smallest absolute Gasteiger partial charge is 0.324 e. The number of nitrogens with two attached hydrogens (primary N) is 1. The van der Waals surface area contributed by atoms with Crippen molar-refractivity contribution in [1.82, 2.24) is 0 Å². The molecule has 0 unspecified atom stereocenters. The van der Waals surface area contributed by atoms with Crippen LogP contribution >= 0.6 is 24.0 Å². The van der Waals surface area contributed by atoms with Gasteiger partial charge in [0.15, 0.2) is 0 Å². The van der Waals surface area contributed by atoms with Crippen molar-refractivity contribution in [3.05, 3.63) is 34.1 Å². The molecule has 1 aliphatic carbocycles. The fourth-order valence-corrected chi connectivity index (χ4v) is 2.81. The number of alkyl halides is 3. The summed E-state index contributed by atoms with van der Waals surface area (Å²) in [6, 6.07) is 0.647. The van der Waals surface area contributed by atoms with Crippen LogP contribution in [-0.4, -0.2) is 0 Å². The topological polar surface area (TPSA) is 26.0 Å². The summed E-state index contributed by atoms with van der Waals surface area (Å²) in [5.74, 6) is -0.817. The lowest BCUT2D eigenvalue weighted by Gasteiger charge is -2.21. The van der Waals surface area contributed by atoms with Crippen molar-refractivity contribution in [2.24, 2.45) is 11.7 Å². The van der Waals surface area contributed by atoms with Crippen molar-refractivity contribution in [3.63, 3.8) is 0 Å². The predicted molar refractivity (Wildman–Crippen MR) is 72.5 cm³/mol. The second-order valence-corrected chi connectivity index (χ2v) is 5.34. The lowest BCUT2D eigenvalue weighted by Crippen LogP contribution is -2.21. The average Bonchev–Trinajstić information content (AvgIpc) is 2.83. The summed E-state index contributed by atoms with van der Waals surface area (Å²) < 4.78 is 52.0. The highest BCUT2D eigenvalue weighted by Crippen LogP contribution is 2.39. The van der Waals surface area contributed by atoms with Crippen LogP contribution in [0.15, 0.2) is 12.1 Å². The Kier molecular flexibility index (Phi) is 5.70. The second kappa shape index (κ2) is 6.50. The maximum Gasteiger partial charge on any atom is 0.416 e. The number of halogens is 6. The van der Waals surface area contributed by atoms with Crippen LogP contribution in [0.3, 0.4) is 0 Å². The van der Waals surface area contributed by atoms with Crippen molar-refractivity contribution in [2.75, 3.05) is 0 Å². The third-order valence-electron chi connectivity index (χ3n) is 3.65. The van der Waals surface area contributed by atoms with E-state index in [0.717, 1.165) is 31.7 Å². The molecule has 2 N–H and O–H groups in total. The Labute approximate surface area is 125 Å². The SMILES string of the molecule is Cl.N[C@H](c1cc(C(F)(F)F)cc(Cl)c1F)C1CCCC1. The lowest BCUT2D eigenvalue weighted by atomic mass is 9.91. The maximum atomic E-state index is 13.9. The molecular weight excluding hydrogens is 317 g/mol. The van der Waals surface area contributed by atoms with Crippen molar-refractivity contribution in [2.45, 2.75) is 37.9 Å². The molecule has 2 rings (SSSR count). The molecule has 1 atom stereocenters. The summed E-state index contributed by atoms with van der Waals surface area (Å²) in [5.41, 5.74) is 4.83. The van der Waals surface area contributed by atoms with Gasteiger partial charge in [0, 0.05) is 11.6 Å². The van der Waals surface area contributed by atoms with Gasteiger partial charge in [0.25, 0.3) is 0 Å². The summed E-state index contributed by atoms with van der Waals surface area (Å²) in [6.45, 7) is 0. The zero-order chi connectivity index (χ0) is 14.2. The molecule has 0 amide bonds. The van der Waals surface area contributed by atoms with Crippen molar-refractivity contribution < 1.29 is 17.6 Å². The molecule has 114 valence electrons. The molecule has 0 radical (unpaired) electrons. The Morgan fingerprint density at radius 1 is 1.20 bits per heavy atom. The molecule has 0 spiro atoms. The van der Waals surface area contributed by atoms with Gasteiger partial charge in [-0.1, -0.05) is 24.4 Å². The summed E-state index contributed by atoms with van der Waals surface area (Å²) in [7, 11) is 0. The largest absolute Gasteiger partial charge is 0.416 e. The lowest BCUT2D eigenvalue weighted by molar-refractivity contribution is -0.137. The molecule has 7 heteroatoms. The summed E-state index contributed by atoms with van der Waals surface area (Å²) in [6.07, 6.45) is -0.968. The van der Waals surface area contributed by atoms with Gasteiger partial charge in [-0.2, -0.15) is 13.2 Å². The fourth-order valence-electron chi connectivity index (χ4n) is 2.59. The highest BCUT2D eigenvalue weighted by molar-refractivity contribution is 6.30. The number of hydrogen-bond donors (Lipinski definition) is 1. The van der Waals surface area contributed by atoms with Crippen LogP contribution in [0.5, 0.6) is 0 Å². The Bertz CT molecular complexity index is 470. The molecule has 1 aromatic carbocycles. The molecule has 1 fully saturated rings. The highest BCUT2D eigenvalue weighted by atomic mass is 35.5. The zero-order valence-corrected chi connectivity index (χ0v) is 12.1. The first-order valence-corrected chi connectivity index (χ1v) is 6.50. The van der Waals surface area contributed by atoms with Crippen LogP contribution in [0, 0.1) is 11.7 Å². The van der Waals surface area contributed by atoms with Gasteiger partial charge in [0.2, 0.25) is 0 Å². The first kappa shape index (κ1) is 17.5. The van der Waals surface area contributed by atoms with E-state index < -0.39 is 28.6 Å². The van der Waals surface area contributed by atoms with E-state index in [-0.39, 0.29) is 23.9 Å². The van der Waals surface area contributed by atoms with Crippen molar-refractivity contribution >= 4 is 24.0 Å². The minimum absolute atomic E-state index is 0. The summed E-state index contributed by atoms with van der Waals surface area (Å²) in [4.78, 5) is 0. The Hall–Kier alpha value is -0.520. The third kappa shape index (κ3) is 3.57. The number of rotatable bonds is 2. The molecule has 1 aromatic rings. The molecule has 0 saturated heterocycles. The molecular formula is C13H15Cl2F4N. The summed E-state index contributed by atoms with van der Waals surface area (Å²) >= 11 is 5.55. The molecule has 0 aliphatic heterocycles. The van der Waals surface area contributed by atoms with Gasteiger partial charge in [0.1, 0.15) is 5.82 Å². The minimum Gasteiger partial charge on any atom is -0.324 e. The predicted octanol–water partition coefficient (Wildman–Crippen LogP) is 5.11. The number of hydrogen-bond acceptors (Lipinski definition) is 1. The molecule has 0 aromatic heterocycles. The van der Waals surface area contributed by atoms with Gasteiger partial charge in [-0.05, 0) is 30.9 Å². The minimum atomic E-state index is -4.55. The van der Waals surface area contributed by atoms with Gasteiger partial charge >= 0.3 is 6.18 Å². The van der Waals surface area contributed by atoms with Gasteiger partial charge in [-0.15, -0.1) is 12.4 Å². The third-order valence-corrected chi connectivity index (χ3v) is 3.93. The molecule has 1 saturated carbocycles. The second-order valence-electron chi connectivity index (χ2n) is 4.93.